The average molecular weight is 268 g/mol. The maximum absolute atomic E-state index is 11.6. The van der Waals surface area contributed by atoms with Gasteiger partial charge in [0.05, 0.1) is 0 Å². The summed E-state index contributed by atoms with van der Waals surface area (Å²) in [4.78, 5) is 29.5. The van der Waals surface area contributed by atoms with Crippen molar-refractivity contribution in [2.45, 2.75) is 32.7 Å². The molecule has 19 heavy (non-hydrogen) atoms. The number of hydrogen-bond acceptors (Lipinski definition) is 3. The fourth-order valence-corrected chi connectivity index (χ4v) is 1.63. The first-order valence-electron chi connectivity index (χ1n) is 6.24. The SMILES string of the molecule is CC(C)CC(NC(=O)NCCc1ncc[nH]1)C(=O)O. The fraction of sp³-hybridized carbons (Fsp3) is 0.583. The second kappa shape index (κ2) is 7.40. The summed E-state index contributed by atoms with van der Waals surface area (Å²) in [5.41, 5.74) is 0. The highest BCUT2D eigenvalue weighted by Crippen LogP contribution is 2.04. The van der Waals surface area contributed by atoms with Gasteiger partial charge in [0.25, 0.3) is 0 Å². The van der Waals surface area contributed by atoms with Crippen LogP contribution in [0.1, 0.15) is 26.1 Å². The third-order valence-electron chi connectivity index (χ3n) is 2.51. The molecule has 4 N–H and O–H groups in total. The number of nitrogens with one attached hydrogen (secondary N) is 3. The van der Waals surface area contributed by atoms with E-state index in [1.807, 2.05) is 13.8 Å². The zero-order valence-corrected chi connectivity index (χ0v) is 11.1. The third-order valence-corrected chi connectivity index (χ3v) is 2.51. The second-order valence-corrected chi connectivity index (χ2v) is 4.71. The van der Waals surface area contributed by atoms with E-state index in [4.69, 9.17) is 5.11 Å². The highest BCUT2D eigenvalue weighted by atomic mass is 16.4. The third kappa shape index (κ3) is 5.89. The zero-order valence-electron chi connectivity index (χ0n) is 11.1. The Labute approximate surface area is 111 Å². The number of H-pyrrole nitrogens is 1. The number of amides is 2. The summed E-state index contributed by atoms with van der Waals surface area (Å²) in [6.45, 7) is 4.21. The van der Waals surface area contributed by atoms with Gasteiger partial charge in [-0.3, -0.25) is 0 Å². The molecule has 0 aliphatic rings. The van der Waals surface area contributed by atoms with Crippen LogP contribution >= 0.6 is 0 Å². The van der Waals surface area contributed by atoms with Gasteiger partial charge in [-0.1, -0.05) is 13.8 Å². The minimum Gasteiger partial charge on any atom is -0.480 e. The van der Waals surface area contributed by atoms with Crippen molar-refractivity contribution in [3.8, 4) is 0 Å². The van der Waals surface area contributed by atoms with Crippen molar-refractivity contribution in [1.82, 2.24) is 20.6 Å². The van der Waals surface area contributed by atoms with Crippen molar-refractivity contribution in [2.75, 3.05) is 6.54 Å². The van der Waals surface area contributed by atoms with Crippen LogP contribution in [0, 0.1) is 5.92 Å². The van der Waals surface area contributed by atoms with Crippen LogP contribution in [0.2, 0.25) is 0 Å². The first-order chi connectivity index (χ1) is 8.99. The number of rotatable bonds is 7. The number of aromatic nitrogens is 2. The van der Waals surface area contributed by atoms with Gasteiger partial charge >= 0.3 is 12.0 Å². The van der Waals surface area contributed by atoms with Gasteiger partial charge in [-0.25, -0.2) is 14.6 Å². The summed E-state index contributed by atoms with van der Waals surface area (Å²) < 4.78 is 0. The Kier molecular flexibility index (Phi) is 5.84. The van der Waals surface area contributed by atoms with Crippen LogP contribution < -0.4 is 10.6 Å². The van der Waals surface area contributed by atoms with E-state index in [-0.39, 0.29) is 5.92 Å². The number of carbonyl (C=O) groups is 2. The summed E-state index contributed by atoms with van der Waals surface area (Å²) in [6, 6.07) is -1.33. The fourth-order valence-electron chi connectivity index (χ4n) is 1.63. The van der Waals surface area contributed by atoms with Crippen LogP contribution in [0.5, 0.6) is 0 Å². The molecule has 2 amide bonds. The summed E-state index contributed by atoms with van der Waals surface area (Å²) in [6.07, 6.45) is 4.32. The van der Waals surface area contributed by atoms with Crippen LogP contribution in [0.25, 0.3) is 0 Å². The number of urea groups is 1. The number of carboxylic acid groups (broad SMARTS) is 1. The minimum absolute atomic E-state index is 0.199. The molecule has 0 bridgehead atoms. The minimum atomic E-state index is -1.02. The van der Waals surface area contributed by atoms with Crippen molar-refractivity contribution in [3.05, 3.63) is 18.2 Å². The van der Waals surface area contributed by atoms with Crippen molar-refractivity contribution in [1.29, 1.82) is 0 Å². The smallest absolute Gasteiger partial charge is 0.326 e. The van der Waals surface area contributed by atoms with Crippen molar-refractivity contribution < 1.29 is 14.7 Å². The molecule has 7 nitrogen and oxygen atoms in total. The predicted molar refractivity (Wildman–Crippen MR) is 69.7 cm³/mol. The molecule has 7 heteroatoms. The molecule has 0 saturated heterocycles. The second-order valence-electron chi connectivity index (χ2n) is 4.71. The van der Waals surface area contributed by atoms with Crippen molar-refractivity contribution >= 4 is 12.0 Å². The van der Waals surface area contributed by atoms with Crippen molar-refractivity contribution in [3.63, 3.8) is 0 Å². The molecular formula is C12H20N4O3. The molecule has 0 fully saturated rings. The quantitative estimate of drug-likeness (QED) is 0.585. The van der Waals surface area contributed by atoms with Gasteiger partial charge in [-0.15, -0.1) is 0 Å². The number of hydrogen-bond donors (Lipinski definition) is 4. The Morgan fingerprint density at radius 2 is 2.21 bits per heavy atom. The number of imidazole rings is 1. The molecule has 0 radical (unpaired) electrons. The highest BCUT2D eigenvalue weighted by Gasteiger charge is 2.20. The van der Waals surface area contributed by atoms with Gasteiger partial charge in [0, 0.05) is 25.4 Å². The van der Waals surface area contributed by atoms with E-state index in [1.165, 1.54) is 0 Å². The van der Waals surface area contributed by atoms with E-state index in [0.717, 1.165) is 5.82 Å². The zero-order chi connectivity index (χ0) is 14.3. The average Bonchev–Trinajstić information content (AvgIpc) is 2.80. The van der Waals surface area contributed by atoms with E-state index in [0.29, 0.717) is 19.4 Å². The normalized spacial score (nSPS) is 12.2. The molecule has 106 valence electrons. The van der Waals surface area contributed by atoms with Gasteiger partial charge in [0.2, 0.25) is 0 Å². The Hall–Kier alpha value is -2.05. The van der Waals surface area contributed by atoms with Crippen LogP contribution in [0.15, 0.2) is 12.4 Å². The lowest BCUT2D eigenvalue weighted by Crippen LogP contribution is -2.47. The molecule has 0 aromatic carbocycles. The number of nitrogens with zero attached hydrogens (tertiary/aromatic N) is 1. The summed E-state index contributed by atoms with van der Waals surface area (Å²) in [5.74, 6) is -0.0448. The topological polar surface area (TPSA) is 107 Å². The molecule has 0 aliphatic heterocycles. The van der Waals surface area contributed by atoms with E-state index in [2.05, 4.69) is 20.6 Å². The Morgan fingerprint density at radius 1 is 1.47 bits per heavy atom. The number of aliphatic carboxylic acids is 1. The molecule has 1 atom stereocenters. The van der Waals surface area contributed by atoms with Crippen LogP contribution in [-0.2, 0) is 11.2 Å². The van der Waals surface area contributed by atoms with Gasteiger partial charge in [0.15, 0.2) is 0 Å². The monoisotopic (exact) mass is 268 g/mol. The highest BCUT2D eigenvalue weighted by molar-refractivity contribution is 5.82. The Morgan fingerprint density at radius 3 is 2.74 bits per heavy atom. The summed E-state index contributed by atoms with van der Waals surface area (Å²) >= 11 is 0. The summed E-state index contributed by atoms with van der Waals surface area (Å²) in [7, 11) is 0. The molecular weight excluding hydrogens is 248 g/mol. The maximum Gasteiger partial charge on any atom is 0.326 e. The van der Waals surface area contributed by atoms with E-state index in [9.17, 15) is 9.59 Å². The van der Waals surface area contributed by atoms with Gasteiger partial charge in [-0.2, -0.15) is 0 Å². The largest absolute Gasteiger partial charge is 0.480 e. The molecule has 0 saturated carbocycles. The number of aromatic amines is 1. The molecule has 1 aromatic heterocycles. The van der Waals surface area contributed by atoms with Gasteiger partial charge in [0.1, 0.15) is 11.9 Å². The van der Waals surface area contributed by atoms with E-state index < -0.39 is 18.0 Å². The van der Waals surface area contributed by atoms with Gasteiger partial charge < -0.3 is 20.7 Å². The lowest BCUT2D eigenvalue weighted by Gasteiger charge is -2.16. The maximum atomic E-state index is 11.6. The van der Waals surface area contributed by atoms with Crippen LogP contribution in [0.4, 0.5) is 4.79 Å². The standard InChI is InChI=1S/C12H20N4O3/c1-8(2)7-9(11(17)18)16-12(19)15-4-3-10-13-5-6-14-10/h5-6,8-9H,3-4,7H2,1-2H3,(H,13,14)(H,17,18)(H2,15,16,19). The lowest BCUT2D eigenvalue weighted by molar-refractivity contribution is -0.139. The summed E-state index contributed by atoms with van der Waals surface area (Å²) in [5, 5.41) is 14.0. The Balaban J connectivity index is 2.30. The van der Waals surface area contributed by atoms with Gasteiger partial charge in [-0.05, 0) is 12.3 Å². The predicted octanol–water partition coefficient (Wildman–Crippen LogP) is 0.751. The lowest BCUT2D eigenvalue weighted by atomic mass is 10.0. The van der Waals surface area contributed by atoms with Crippen LogP contribution in [-0.4, -0.2) is 39.7 Å². The van der Waals surface area contributed by atoms with Crippen molar-refractivity contribution in [2.24, 2.45) is 5.92 Å². The van der Waals surface area contributed by atoms with E-state index >= 15 is 0 Å². The molecule has 0 spiro atoms. The number of carbonyl (C=O) groups excluding carboxylic acids is 1. The number of carboxylic acids is 1. The van der Waals surface area contributed by atoms with E-state index in [1.54, 1.807) is 12.4 Å². The molecule has 1 aromatic rings. The van der Waals surface area contributed by atoms with Crippen LogP contribution in [0.3, 0.4) is 0 Å². The first kappa shape index (κ1) is 15.0. The molecule has 1 rings (SSSR count). The Bertz CT molecular complexity index is 403. The first-order valence-corrected chi connectivity index (χ1v) is 6.24. The molecule has 1 heterocycles. The molecule has 0 aliphatic carbocycles. The molecule has 1 unspecified atom stereocenters.